The van der Waals surface area contributed by atoms with Crippen molar-refractivity contribution in [2.24, 2.45) is 0 Å². The Labute approximate surface area is 136 Å². The Morgan fingerprint density at radius 2 is 1.52 bits per heavy atom. The molecule has 0 aliphatic rings. The number of pyridine rings is 1. The highest BCUT2D eigenvalue weighted by Crippen LogP contribution is 2.22. The molecule has 1 nitrogen and oxygen atoms in total. The molecule has 3 aromatic carbocycles. The zero-order valence-corrected chi connectivity index (χ0v) is 12.9. The van der Waals surface area contributed by atoms with E-state index in [2.05, 4.69) is 90.0 Å². The van der Waals surface area contributed by atoms with E-state index in [0.717, 1.165) is 6.54 Å². The van der Waals surface area contributed by atoms with Crippen molar-refractivity contribution in [2.75, 3.05) is 0 Å². The molecule has 1 heterocycles. The number of nitrogens with zero attached hydrogens (tertiary/aromatic N) is 1. The molecular formula is C22H18N+. The van der Waals surface area contributed by atoms with Crippen LogP contribution >= 0.6 is 0 Å². The van der Waals surface area contributed by atoms with Crippen LogP contribution < -0.4 is 4.57 Å². The minimum Gasteiger partial charge on any atom is -0.187 e. The number of aromatic nitrogens is 1. The number of rotatable bonds is 3. The molecule has 0 atom stereocenters. The highest BCUT2D eigenvalue weighted by Gasteiger charge is 2.16. The average Bonchev–Trinajstić information content (AvgIpc) is 2.62. The van der Waals surface area contributed by atoms with Crippen LogP contribution in [-0.4, -0.2) is 0 Å². The molecular weight excluding hydrogens is 278 g/mol. The number of para-hydroxylation sites is 1. The first-order valence-corrected chi connectivity index (χ1v) is 7.87. The quantitative estimate of drug-likeness (QED) is 0.371. The Balaban J connectivity index is 2.07. The third kappa shape index (κ3) is 2.40. The van der Waals surface area contributed by atoms with Gasteiger partial charge in [-0.25, -0.2) is 0 Å². The van der Waals surface area contributed by atoms with Crippen molar-refractivity contribution in [1.82, 2.24) is 0 Å². The zero-order valence-electron chi connectivity index (χ0n) is 12.9. The second kappa shape index (κ2) is 5.69. The lowest BCUT2D eigenvalue weighted by atomic mass is 10.0. The van der Waals surface area contributed by atoms with Crippen LogP contribution in [-0.2, 0) is 6.54 Å². The lowest BCUT2D eigenvalue weighted by Crippen LogP contribution is -2.36. The standard InChI is InChI=1S/C22H18N/c1-2-18-12-8-14-22-20(18)15-19-11-6-7-13-21(19)23(22)16-17-9-4-3-5-10-17/h2-15H,1,16H2/q+1. The van der Waals surface area contributed by atoms with Gasteiger partial charge in [-0.15, -0.1) is 0 Å². The van der Waals surface area contributed by atoms with Gasteiger partial charge in [0.25, 0.3) is 0 Å². The summed E-state index contributed by atoms with van der Waals surface area (Å²) in [6, 6.07) is 27.9. The molecule has 0 fully saturated rings. The van der Waals surface area contributed by atoms with Crippen LogP contribution in [0.4, 0.5) is 0 Å². The number of fused-ring (bicyclic) bond motifs is 2. The zero-order chi connectivity index (χ0) is 15.6. The van der Waals surface area contributed by atoms with E-state index in [9.17, 15) is 0 Å². The molecule has 0 aliphatic heterocycles. The summed E-state index contributed by atoms with van der Waals surface area (Å²) >= 11 is 0. The van der Waals surface area contributed by atoms with Gasteiger partial charge in [0, 0.05) is 23.1 Å². The first kappa shape index (κ1) is 13.7. The van der Waals surface area contributed by atoms with Gasteiger partial charge in [-0.2, -0.15) is 4.57 Å². The van der Waals surface area contributed by atoms with Gasteiger partial charge >= 0.3 is 0 Å². The van der Waals surface area contributed by atoms with Crippen molar-refractivity contribution in [3.05, 3.63) is 96.6 Å². The SMILES string of the molecule is C=Cc1cccc2c1cc1ccccc1[n+]2Cc1ccccc1. The second-order valence-corrected chi connectivity index (χ2v) is 5.76. The molecule has 0 bridgehead atoms. The molecule has 0 unspecified atom stereocenters. The molecule has 4 aromatic rings. The Morgan fingerprint density at radius 1 is 0.783 bits per heavy atom. The molecule has 1 heteroatoms. The smallest absolute Gasteiger partial charge is 0.187 e. The fraction of sp³-hybridized carbons (Fsp3) is 0.0455. The second-order valence-electron chi connectivity index (χ2n) is 5.76. The van der Waals surface area contributed by atoms with Gasteiger partial charge in [0.05, 0.1) is 5.39 Å². The third-order valence-corrected chi connectivity index (χ3v) is 4.34. The van der Waals surface area contributed by atoms with Gasteiger partial charge in [-0.3, -0.25) is 0 Å². The van der Waals surface area contributed by atoms with Gasteiger partial charge in [0.15, 0.2) is 6.54 Å². The van der Waals surface area contributed by atoms with E-state index < -0.39 is 0 Å². The van der Waals surface area contributed by atoms with Gasteiger partial charge in [0.2, 0.25) is 11.0 Å². The summed E-state index contributed by atoms with van der Waals surface area (Å²) in [6.45, 7) is 4.83. The molecule has 0 spiro atoms. The average molecular weight is 296 g/mol. The molecule has 23 heavy (non-hydrogen) atoms. The van der Waals surface area contributed by atoms with Crippen LogP contribution in [0.5, 0.6) is 0 Å². The normalized spacial score (nSPS) is 11.0. The van der Waals surface area contributed by atoms with E-state index in [4.69, 9.17) is 0 Å². The molecule has 4 rings (SSSR count). The van der Waals surface area contributed by atoms with E-state index in [1.165, 1.54) is 32.9 Å². The molecule has 0 saturated heterocycles. The first-order chi connectivity index (χ1) is 11.4. The summed E-state index contributed by atoms with van der Waals surface area (Å²) < 4.78 is 2.40. The Hall–Kier alpha value is -2.93. The summed E-state index contributed by atoms with van der Waals surface area (Å²) in [6.07, 6.45) is 1.93. The van der Waals surface area contributed by atoms with E-state index in [1.807, 2.05) is 6.08 Å². The Kier molecular flexibility index (Phi) is 3.39. The van der Waals surface area contributed by atoms with Crippen molar-refractivity contribution < 1.29 is 4.57 Å². The van der Waals surface area contributed by atoms with Gasteiger partial charge < -0.3 is 0 Å². The van der Waals surface area contributed by atoms with Gasteiger partial charge in [0.1, 0.15) is 0 Å². The van der Waals surface area contributed by atoms with E-state index >= 15 is 0 Å². The third-order valence-electron chi connectivity index (χ3n) is 4.34. The van der Waals surface area contributed by atoms with Crippen molar-refractivity contribution in [3.63, 3.8) is 0 Å². The van der Waals surface area contributed by atoms with Crippen LogP contribution in [0.1, 0.15) is 11.1 Å². The molecule has 0 radical (unpaired) electrons. The molecule has 1 aromatic heterocycles. The van der Waals surface area contributed by atoms with Crippen LogP contribution in [0, 0.1) is 0 Å². The van der Waals surface area contributed by atoms with E-state index in [0.29, 0.717) is 0 Å². The topological polar surface area (TPSA) is 3.88 Å². The van der Waals surface area contributed by atoms with Crippen molar-refractivity contribution in [1.29, 1.82) is 0 Å². The summed E-state index contributed by atoms with van der Waals surface area (Å²) in [5.41, 5.74) is 4.98. The minimum atomic E-state index is 0.860. The summed E-state index contributed by atoms with van der Waals surface area (Å²) in [5.74, 6) is 0. The van der Waals surface area contributed by atoms with Crippen molar-refractivity contribution in [2.45, 2.75) is 6.54 Å². The minimum absolute atomic E-state index is 0.860. The highest BCUT2D eigenvalue weighted by atomic mass is 15.0. The van der Waals surface area contributed by atoms with E-state index in [-0.39, 0.29) is 0 Å². The van der Waals surface area contributed by atoms with Crippen LogP contribution in [0.15, 0.2) is 85.4 Å². The maximum absolute atomic E-state index is 3.97. The van der Waals surface area contributed by atoms with E-state index in [1.54, 1.807) is 0 Å². The summed E-state index contributed by atoms with van der Waals surface area (Å²) in [5, 5.41) is 2.50. The maximum Gasteiger partial charge on any atom is 0.213 e. The predicted molar refractivity (Wildman–Crippen MR) is 97.3 cm³/mol. The molecule has 0 N–H and O–H groups in total. The summed E-state index contributed by atoms with van der Waals surface area (Å²) in [4.78, 5) is 0. The van der Waals surface area contributed by atoms with Crippen LogP contribution in [0.2, 0.25) is 0 Å². The number of benzene rings is 3. The van der Waals surface area contributed by atoms with Crippen molar-refractivity contribution in [3.8, 4) is 0 Å². The monoisotopic (exact) mass is 296 g/mol. The fourth-order valence-electron chi connectivity index (χ4n) is 3.22. The molecule has 110 valence electrons. The maximum atomic E-state index is 3.97. The molecule has 0 saturated carbocycles. The summed E-state index contributed by atoms with van der Waals surface area (Å²) in [7, 11) is 0. The lowest BCUT2D eigenvalue weighted by Gasteiger charge is -2.08. The number of hydrogen-bond acceptors (Lipinski definition) is 0. The fourth-order valence-corrected chi connectivity index (χ4v) is 3.22. The predicted octanol–water partition coefficient (Wildman–Crippen LogP) is 4.97. The van der Waals surface area contributed by atoms with Crippen molar-refractivity contribution >= 4 is 27.9 Å². The largest absolute Gasteiger partial charge is 0.213 e. The van der Waals surface area contributed by atoms with Gasteiger partial charge in [-0.1, -0.05) is 67.3 Å². The lowest BCUT2D eigenvalue weighted by molar-refractivity contribution is -0.635. The molecule has 0 aliphatic carbocycles. The van der Waals surface area contributed by atoms with Gasteiger partial charge in [-0.05, 0) is 17.7 Å². The Morgan fingerprint density at radius 3 is 2.35 bits per heavy atom. The number of hydrogen-bond donors (Lipinski definition) is 0. The first-order valence-electron chi connectivity index (χ1n) is 7.87. The Bertz CT molecular complexity index is 1000. The molecule has 0 amide bonds. The van der Waals surface area contributed by atoms with Crippen LogP contribution in [0.3, 0.4) is 0 Å². The van der Waals surface area contributed by atoms with Crippen LogP contribution in [0.25, 0.3) is 27.9 Å². The highest BCUT2D eigenvalue weighted by molar-refractivity contribution is 5.93.